The maximum atomic E-state index is 13.9. The first-order valence-corrected chi connectivity index (χ1v) is 11.6. The SMILES string of the molecule is O=C(Nc1ccc(F)cc1)[C@@H](c1ccc(F)cc1)N(C(=O)Cn1nnc2ccccc21)c1ccc(F)cc1. The molecule has 1 aromatic heterocycles. The van der Waals surface area contributed by atoms with Crippen LogP contribution in [0, 0.1) is 17.5 Å². The number of para-hydroxylation sites is 1. The first-order valence-electron chi connectivity index (χ1n) is 11.6. The molecule has 1 atom stereocenters. The Hall–Kier alpha value is -4.99. The van der Waals surface area contributed by atoms with Crippen LogP contribution in [-0.4, -0.2) is 26.8 Å². The summed E-state index contributed by atoms with van der Waals surface area (Å²) in [6.45, 7) is -0.292. The number of rotatable bonds is 7. The monoisotopic (exact) mass is 515 g/mol. The van der Waals surface area contributed by atoms with Gasteiger partial charge in [0.1, 0.15) is 35.6 Å². The van der Waals surface area contributed by atoms with E-state index in [1.54, 1.807) is 24.3 Å². The van der Waals surface area contributed by atoms with E-state index in [0.717, 1.165) is 0 Å². The first-order chi connectivity index (χ1) is 18.4. The topological polar surface area (TPSA) is 80.1 Å². The number of hydrogen-bond donors (Lipinski definition) is 1. The van der Waals surface area contributed by atoms with Crippen molar-refractivity contribution in [1.82, 2.24) is 15.0 Å². The molecule has 190 valence electrons. The molecule has 0 spiro atoms. The molecule has 1 heterocycles. The Morgan fingerprint density at radius 1 is 0.789 bits per heavy atom. The summed E-state index contributed by atoms with van der Waals surface area (Å²) in [7, 11) is 0. The number of hydrogen-bond acceptors (Lipinski definition) is 4. The van der Waals surface area contributed by atoms with Gasteiger partial charge in [0.05, 0.1) is 5.52 Å². The van der Waals surface area contributed by atoms with E-state index in [9.17, 15) is 22.8 Å². The average molecular weight is 515 g/mol. The summed E-state index contributed by atoms with van der Waals surface area (Å²) in [5, 5.41) is 10.8. The summed E-state index contributed by atoms with van der Waals surface area (Å²) in [6, 6.07) is 21.1. The second-order valence-electron chi connectivity index (χ2n) is 8.43. The van der Waals surface area contributed by atoms with Crippen molar-refractivity contribution in [2.45, 2.75) is 12.6 Å². The van der Waals surface area contributed by atoms with E-state index >= 15 is 0 Å². The lowest BCUT2D eigenvalue weighted by molar-refractivity contribution is -0.124. The number of aromatic nitrogens is 3. The van der Waals surface area contributed by atoms with Crippen LogP contribution in [0.4, 0.5) is 24.5 Å². The van der Waals surface area contributed by atoms with Crippen LogP contribution in [0.1, 0.15) is 11.6 Å². The fourth-order valence-electron chi connectivity index (χ4n) is 4.08. The minimum atomic E-state index is -1.30. The molecule has 0 saturated carbocycles. The fraction of sp³-hybridized carbons (Fsp3) is 0.0714. The molecule has 1 N–H and O–H groups in total. The Balaban J connectivity index is 1.58. The van der Waals surface area contributed by atoms with Crippen LogP contribution in [0.5, 0.6) is 0 Å². The molecule has 4 aromatic carbocycles. The number of fused-ring (bicyclic) bond motifs is 1. The highest BCUT2D eigenvalue weighted by Crippen LogP contribution is 2.30. The van der Waals surface area contributed by atoms with Crippen LogP contribution in [0.15, 0.2) is 97.1 Å². The molecule has 38 heavy (non-hydrogen) atoms. The van der Waals surface area contributed by atoms with Crippen molar-refractivity contribution in [1.29, 1.82) is 0 Å². The molecule has 0 fully saturated rings. The van der Waals surface area contributed by atoms with Gasteiger partial charge in [-0.25, -0.2) is 17.9 Å². The summed E-state index contributed by atoms with van der Waals surface area (Å²) >= 11 is 0. The van der Waals surface area contributed by atoms with Crippen molar-refractivity contribution in [3.63, 3.8) is 0 Å². The van der Waals surface area contributed by atoms with E-state index in [1.807, 2.05) is 0 Å². The van der Waals surface area contributed by atoms with Gasteiger partial charge in [-0.2, -0.15) is 0 Å². The lowest BCUT2D eigenvalue weighted by Crippen LogP contribution is -2.43. The van der Waals surface area contributed by atoms with E-state index in [1.165, 1.54) is 82.4 Å². The quantitative estimate of drug-likeness (QED) is 0.321. The number of benzene rings is 4. The van der Waals surface area contributed by atoms with Crippen LogP contribution in [0.25, 0.3) is 11.0 Å². The maximum absolute atomic E-state index is 13.9. The van der Waals surface area contributed by atoms with E-state index < -0.39 is 35.3 Å². The van der Waals surface area contributed by atoms with E-state index in [2.05, 4.69) is 15.6 Å². The summed E-state index contributed by atoms with van der Waals surface area (Å²) in [5.41, 5.74) is 2.00. The highest BCUT2D eigenvalue weighted by Gasteiger charge is 2.33. The number of nitrogens with one attached hydrogen (secondary N) is 1. The molecule has 0 saturated heterocycles. The number of carbonyl (C=O) groups excluding carboxylic acids is 2. The minimum absolute atomic E-state index is 0.226. The van der Waals surface area contributed by atoms with E-state index in [4.69, 9.17) is 0 Å². The molecule has 7 nitrogen and oxygen atoms in total. The Morgan fingerprint density at radius 3 is 2.03 bits per heavy atom. The normalized spacial score (nSPS) is 11.8. The van der Waals surface area contributed by atoms with Crippen LogP contribution >= 0.6 is 0 Å². The number of halogens is 3. The largest absolute Gasteiger partial charge is 0.324 e. The van der Waals surface area contributed by atoms with Gasteiger partial charge in [0.2, 0.25) is 5.91 Å². The standard InChI is InChI=1S/C28H20F3N5O2/c29-19-7-5-18(6-8-19)27(28(38)32-22-13-9-20(30)10-14-22)36(23-15-11-21(31)12-16-23)26(37)17-35-25-4-2-1-3-24(25)33-34-35/h1-16,27H,17H2,(H,32,38)/t27-/m1/s1. The van der Waals surface area contributed by atoms with Crippen molar-refractivity contribution in [2.24, 2.45) is 0 Å². The molecule has 0 radical (unpaired) electrons. The zero-order valence-electron chi connectivity index (χ0n) is 19.8. The summed E-state index contributed by atoms with van der Waals surface area (Å²) in [6.07, 6.45) is 0. The van der Waals surface area contributed by atoms with Gasteiger partial charge < -0.3 is 5.32 Å². The second-order valence-corrected chi connectivity index (χ2v) is 8.43. The molecular weight excluding hydrogens is 495 g/mol. The maximum Gasteiger partial charge on any atom is 0.252 e. The van der Waals surface area contributed by atoms with Gasteiger partial charge in [-0.1, -0.05) is 29.5 Å². The lowest BCUT2D eigenvalue weighted by Gasteiger charge is -2.31. The van der Waals surface area contributed by atoms with Gasteiger partial charge in [-0.3, -0.25) is 14.5 Å². The van der Waals surface area contributed by atoms with Gasteiger partial charge in [0.15, 0.2) is 0 Å². The minimum Gasteiger partial charge on any atom is -0.324 e. The van der Waals surface area contributed by atoms with Crippen molar-refractivity contribution in [3.8, 4) is 0 Å². The molecule has 0 aliphatic rings. The Kier molecular flexibility index (Phi) is 6.86. The van der Waals surface area contributed by atoms with Crippen LogP contribution in [0.2, 0.25) is 0 Å². The number of carbonyl (C=O) groups is 2. The first kappa shape index (κ1) is 24.7. The van der Waals surface area contributed by atoms with E-state index in [0.29, 0.717) is 16.6 Å². The molecule has 0 unspecified atom stereocenters. The third kappa shape index (κ3) is 5.24. The van der Waals surface area contributed by atoms with Gasteiger partial charge in [-0.15, -0.1) is 5.10 Å². The fourth-order valence-corrected chi connectivity index (χ4v) is 4.08. The molecule has 5 aromatic rings. The number of nitrogens with zero attached hydrogens (tertiary/aromatic N) is 4. The summed E-state index contributed by atoms with van der Waals surface area (Å²) < 4.78 is 42.4. The van der Waals surface area contributed by atoms with Crippen LogP contribution in [0.3, 0.4) is 0 Å². The Labute approximate surface area is 215 Å². The smallest absolute Gasteiger partial charge is 0.252 e. The molecule has 2 amide bonds. The zero-order chi connectivity index (χ0) is 26.6. The Bertz CT molecular complexity index is 1590. The highest BCUT2D eigenvalue weighted by molar-refractivity contribution is 6.05. The molecule has 0 aliphatic heterocycles. The third-order valence-corrected chi connectivity index (χ3v) is 5.88. The molecule has 10 heteroatoms. The predicted octanol–water partition coefficient (Wildman–Crippen LogP) is 5.26. The van der Waals surface area contributed by atoms with Gasteiger partial charge >= 0.3 is 0 Å². The third-order valence-electron chi connectivity index (χ3n) is 5.88. The van der Waals surface area contributed by atoms with Crippen molar-refractivity contribution in [3.05, 3.63) is 120 Å². The highest BCUT2D eigenvalue weighted by atomic mass is 19.1. The van der Waals surface area contributed by atoms with Crippen molar-refractivity contribution < 1.29 is 22.8 Å². The van der Waals surface area contributed by atoms with Gasteiger partial charge in [0.25, 0.3) is 5.91 Å². The Morgan fingerprint density at radius 2 is 1.37 bits per heavy atom. The number of amides is 2. The molecule has 0 aliphatic carbocycles. The van der Waals surface area contributed by atoms with Gasteiger partial charge in [-0.05, 0) is 78.4 Å². The summed E-state index contributed by atoms with van der Waals surface area (Å²) in [5.74, 6) is -2.75. The van der Waals surface area contributed by atoms with Crippen LogP contribution in [-0.2, 0) is 16.1 Å². The second kappa shape index (κ2) is 10.6. The number of anilines is 2. The summed E-state index contributed by atoms with van der Waals surface area (Å²) in [4.78, 5) is 28.7. The molecular formula is C28H20F3N5O2. The predicted molar refractivity (Wildman–Crippen MR) is 136 cm³/mol. The van der Waals surface area contributed by atoms with Crippen molar-refractivity contribution >= 4 is 34.2 Å². The average Bonchev–Trinajstić information content (AvgIpc) is 3.32. The van der Waals surface area contributed by atoms with Gasteiger partial charge in [0, 0.05) is 11.4 Å². The lowest BCUT2D eigenvalue weighted by atomic mass is 10.0. The van der Waals surface area contributed by atoms with Crippen molar-refractivity contribution in [2.75, 3.05) is 10.2 Å². The molecule has 5 rings (SSSR count). The zero-order valence-corrected chi connectivity index (χ0v) is 19.8. The van der Waals surface area contributed by atoms with E-state index in [-0.39, 0.29) is 17.9 Å². The van der Waals surface area contributed by atoms with Crippen LogP contribution < -0.4 is 10.2 Å². The molecule has 0 bridgehead atoms.